The number of carbonyl (C=O) groups excluding carboxylic acids is 2. The van der Waals surface area contributed by atoms with Gasteiger partial charge in [-0.3, -0.25) is 9.59 Å². The smallest absolute Gasteiger partial charge is 0.329 e. The van der Waals surface area contributed by atoms with Gasteiger partial charge in [0.15, 0.2) is 0 Å². The number of rotatable bonds is 7. The van der Waals surface area contributed by atoms with E-state index < -0.39 is 11.8 Å². The van der Waals surface area contributed by atoms with Gasteiger partial charge in [-0.15, -0.1) is 0 Å². The maximum Gasteiger partial charge on any atom is 0.329 e. The number of hydrogen-bond acceptors (Lipinski definition) is 6. The number of hydrazone groups is 1. The minimum Gasteiger partial charge on any atom is -0.497 e. The Hall–Kier alpha value is -3.55. The number of benzene rings is 2. The molecule has 8 nitrogen and oxygen atoms in total. The Kier molecular flexibility index (Phi) is 7.18. The zero-order chi connectivity index (χ0) is 19.6. The van der Waals surface area contributed by atoms with Crippen LogP contribution in [0.3, 0.4) is 0 Å². The molecule has 0 aliphatic rings. The first-order valence-corrected chi connectivity index (χ1v) is 8.17. The number of hydrogen-bond donors (Lipinski definition) is 2. The highest BCUT2D eigenvalue weighted by Crippen LogP contribution is 2.23. The summed E-state index contributed by atoms with van der Waals surface area (Å²) >= 11 is 0. The molecule has 8 heteroatoms. The van der Waals surface area contributed by atoms with E-state index in [-0.39, 0.29) is 0 Å². The number of anilines is 1. The average molecular weight is 371 g/mol. The van der Waals surface area contributed by atoms with Crippen molar-refractivity contribution < 1.29 is 23.8 Å². The van der Waals surface area contributed by atoms with Gasteiger partial charge >= 0.3 is 11.8 Å². The monoisotopic (exact) mass is 371 g/mol. The van der Waals surface area contributed by atoms with Gasteiger partial charge in [-0.1, -0.05) is 12.1 Å². The molecule has 0 radical (unpaired) electrons. The summed E-state index contributed by atoms with van der Waals surface area (Å²) < 4.78 is 15.8. The Morgan fingerprint density at radius 3 is 2.52 bits per heavy atom. The molecule has 2 rings (SSSR count). The normalized spacial score (nSPS) is 10.3. The fourth-order valence-corrected chi connectivity index (χ4v) is 2.18. The summed E-state index contributed by atoms with van der Waals surface area (Å²) in [6.07, 6.45) is 1.36. The maximum atomic E-state index is 12.0. The van der Waals surface area contributed by atoms with Gasteiger partial charge in [-0.05, 0) is 37.3 Å². The number of ether oxygens (including phenoxy) is 3. The zero-order valence-electron chi connectivity index (χ0n) is 15.3. The van der Waals surface area contributed by atoms with Gasteiger partial charge in [0.05, 0.1) is 32.7 Å². The molecule has 0 bridgehead atoms. The summed E-state index contributed by atoms with van der Waals surface area (Å²) in [4.78, 5) is 24.0. The van der Waals surface area contributed by atoms with Gasteiger partial charge in [0, 0.05) is 5.56 Å². The molecule has 0 atom stereocenters. The third-order valence-corrected chi connectivity index (χ3v) is 3.45. The van der Waals surface area contributed by atoms with Crippen LogP contribution in [0.1, 0.15) is 12.5 Å². The number of para-hydroxylation sites is 2. The van der Waals surface area contributed by atoms with Crippen LogP contribution in [0, 0.1) is 0 Å². The number of methoxy groups -OCH3 is 2. The van der Waals surface area contributed by atoms with Crippen molar-refractivity contribution in [2.45, 2.75) is 6.92 Å². The van der Waals surface area contributed by atoms with E-state index in [4.69, 9.17) is 14.2 Å². The zero-order valence-corrected chi connectivity index (χ0v) is 15.3. The van der Waals surface area contributed by atoms with Gasteiger partial charge in [-0.25, -0.2) is 5.43 Å². The van der Waals surface area contributed by atoms with E-state index in [1.165, 1.54) is 20.4 Å². The van der Waals surface area contributed by atoms with Crippen molar-refractivity contribution in [1.29, 1.82) is 0 Å². The van der Waals surface area contributed by atoms with Crippen LogP contribution in [0.2, 0.25) is 0 Å². The third kappa shape index (κ3) is 5.46. The topological polar surface area (TPSA) is 98.2 Å². The quantitative estimate of drug-likeness (QED) is 0.442. The molecule has 0 aromatic heterocycles. The number of nitrogens with one attached hydrogen (secondary N) is 2. The van der Waals surface area contributed by atoms with E-state index in [2.05, 4.69) is 15.8 Å². The largest absolute Gasteiger partial charge is 0.497 e. The highest BCUT2D eigenvalue weighted by molar-refractivity contribution is 6.39. The molecule has 2 aromatic rings. The van der Waals surface area contributed by atoms with E-state index >= 15 is 0 Å². The Morgan fingerprint density at radius 2 is 1.81 bits per heavy atom. The lowest BCUT2D eigenvalue weighted by atomic mass is 10.2. The first kappa shape index (κ1) is 19.8. The van der Waals surface area contributed by atoms with Crippen LogP contribution in [0.15, 0.2) is 47.6 Å². The Morgan fingerprint density at radius 1 is 1.04 bits per heavy atom. The predicted molar refractivity (Wildman–Crippen MR) is 102 cm³/mol. The van der Waals surface area contributed by atoms with E-state index in [9.17, 15) is 9.59 Å². The first-order chi connectivity index (χ1) is 13.1. The summed E-state index contributed by atoms with van der Waals surface area (Å²) in [7, 11) is 3.05. The van der Waals surface area contributed by atoms with Gasteiger partial charge in [0.25, 0.3) is 0 Å². The van der Waals surface area contributed by atoms with E-state index in [1.807, 2.05) is 6.92 Å². The van der Waals surface area contributed by atoms with Crippen molar-refractivity contribution in [1.82, 2.24) is 5.43 Å². The molecule has 0 saturated heterocycles. The minimum absolute atomic E-state index is 0.401. The molecule has 0 unspecified atom stereocenters. The molecule has 0 heterocycles. The molecule has 27 heavy (non-hydrogen) atoms. The van der Waals surface area contributed by atoms with Gasteiger partial charge in [0.1, 0.15) is 17.2 Å². The van der Waals surface area contributed by atoms with Crippen molar-refractivity contribution in [2.75, 3.05) is 26.1 Å². The summed E-state index contributed by atoms with van der Waals surface area (Å²) in [5.41, 5.74) is 3.16. The van der Waals surface area contributed by atoms with E-state index in [0.29, 0.717) is 35.1 Å². The average Bonchev–Trinajstić information content (AvgIpc) is 2.69. The van der Waals surface area contributed by atoms with E-state index in [0.717, 1.165) is 0 Å². The number of carbonyl (C=O) groups is 2. The van der Waals surface area contributed by atoms with Gasteiger partial charge < -0.3 is 19.5 Å². The fourth-order valence-electron chi connectivity index (χ4n) is 2.18. The van der Waals surface area contributed by atoms with Crippen molar-refractivity contribution >= 4 is 23.7 Å². The van der Waals surface area contributed by atoms with Crippen molar-refractivity contribution in [3.63, 3.8) is 0 Å². The molecule has 142 valence electrons. The summed E-state index contributed by atoms with van der Waals surface area (Å²) in [5, 5.41) is 6.28. The molecule has 0 aliphatic carbocycles. The molecule has 0 saturated carbocycles. The number of nitrogens with zero attached hydrogens (tertiary/aromatic N) is 1. The summed E-state index contributed by atoms with van der Waals surface area (Å²) in [6.45, 7) is 2.26. The molecule has 0 spiro atoms. The second-order valence-electron chi connectivity index (χ2n) is 5.19. The molecule has 2 N–H and O–H groups in total. The second kappa shape index (κ2) is 9.81. The van der Waals surface area contributed by atoms with Crippen LogP contribution in [-0.2, 0) is 9.59 Å². The van der Waals surface area contributed by atoms with Gasteiger partial charge in [-0.2, -0.15) is 5.10 Å². The molecular formula is C19H21N3O5. The lowest BCUT2D eigenvalue weighted by Crippen LogP contribution is -2.32. The fraction of sp³-hybridized carbons (Fsp3) is 0.211. The Labute approximate surface area is 157 Å². The van der Waals surface area contributed by atoms with Crippen LogP contribution in [0.4, 0.5) is 5.69 Å². The predicted octanol–water partition coefficient (Wildman–Crippen LogP) is 2.19. The van der Waals surface area contributed by atoms with Crippen molar-refractivity contribution in [3.8, 4) is 17.2 Å². The van der Waals surface area contributed by atoms with E-state index in [1.54, 1.807) is 42.5 Å². The first-order valence-electron chi connectivity index (χ1n) is 8.17. The summed E-state index contributed by atoms with van der Waals surface area (Å²) in [6, 6.07) is 12.0. The van der Waals surface area contributed by atoms with Gasteiger partial charge in [0.2, 0.25) is 0 Å². The highest BCUT2D eigenvalue weighted by atomic mass is 16.5. The van der Waals surface area contributed by atoms with Crippen molar-refractivity contribution in [3.05, 3.63) is 48.0 Å². The molecule has 2 aromatic carbocycles. The second-order valence-corrected chi connectivity index (χ2v) is 5.19. The summed E-state index contributed by atoms with van der Waals surface area (Å²) in [5.74, 6) is -0.153. The standard InChI is InChI=1S/C19H21N3O5/c1-4-27-17-8-6-5-7-15(17)21-18(23)19(24)22-20-12-13-11-14(25-2)9-10-16(13)26-3/h5-12H,4H2,1-3H3,(H,21,23)(H,22,24). The highest BCUT2D eigenvalue weighted by Gasteiger charge is 2.15. The lowest BCUT2D eigenvalue weighted by molar-refractivity contribution is -0.136. The molecule has 0 aliphatic heterocycles. The van der Waals surface area contributed by atoms with Crippen LogP contribution >= 0.6 is 0 Å². The minimum atomic E-state index is -0.917. The van der Waals surface area contributed by atoms with Crippen LogP contribution in [0.5, 0.6) is 17.2 Å². The SMILES string of the molecule is CCOc1ccccc1NC(=O)C(=O)NN=Cc1cc(OC)ccc1OC. The molecule has 0 fully saturated rings. The van der Waals surface area contributed by atoms with Crippen LogP contribution in [-0.4, -0.2) is 38.9 Å². The third-order valence-electron chi connectivity index (χ3n) is 3.45. The molecule has 2 amide bonds. The van der Waals surface area contributed by atoms with Crippen LogP contribution < -0.4 is 25.0 Å². The Bertz CT molecular complexity index is 836. The maximum absolute atomic E-state index is 12.0. The van der Waals surface area contributed by atoms with Crippen LogP contribution in [0.25, 0.3) is 0 Å². The lowest BCUT2D eigenvalue weighted by Gasteiger charge is -2.10. The Balaban J connectivity index is 2.01. The van der Waals surface area contributed by atoms with Crippen molar-refractivity contribution in [2.24, 2.45) is 5.10 Å². The molecular weight excluding hydrogens is 350 g/mol. The number of amides is 2.